The third-order valence-corrected chi connectivity index (χ3v) is 2.89. The van der Waals surface area contributed by atoms with Gasteiger partial charge in [0.1, 0.15) is 0 Å². The first kappa shape index (κ1) is 15.7. The number of nitrogens with zero attached hydrogens (tertiary/aromatic N) is 1. The molecule has 0 spiro atoms. The van der Waals surface area contributed by atoms with Crippen LogP contribution in [0.5, 0.6) is 0 Å². The number of aliphatic hydroxyl groups is 1. The number of hydrogen-bond donors (Lipinski definition) is 3. The van der Waals surface area contributed by atoms with Crippen LogP contribution in [-0.2, 0) is 9.53 Å². The van der Waals surface area contributed by atoms with Gasteiger partial charge in [0, 0.05) is 26.2 Å². The number of nitrogens with one attached hydrogen (secondary N) is 1. The lowest BCUT2D eigenvalue weighted by molar-refractivity contribution is -0.141. The number of rotatable bonds is 4. The molecule has 1 rings (SSSR count). The maximum absolute atomic E-state index is 11.9. The Balaban J connectivity index is 2.43. The average molecular weight is 274 g/mol. The molecule has 0 bridgehead atoms. The van der Waals surface area contributed by atoms with Gasteiger partial charge in [0.25, 0.3) is 0 Å². The molecule has 0 aromatic carbocycles. The molecule has 1 saturated heterocycles. The van der Waals surface area contributed by atoms with Gasteiger partial charge in [0.15, 0.2) is 0 Å². The molecule has 0 aliphatic carbocycles. The average Bonchev–Trinajstić information content (AvgIpc) is 2.49. The van der Waals surface area contributed by atoms with E-state index < -0.39 is 18.0 Å². The number of aliphatic carboxylic acids is 1. The minimum atomic E-state index is -1.45. The van der Waals surface area contributed by atoms with Gasteiger partial charge in [-0.3, -0.25) is 4.79 Å². The molecule has 2 unspecified atom stereocenters. The first-order chi connectivity index (χ1) is 8.80. The zero-order valence-electron chi connectivity index (χ0n) is 11.4. The lowest BCUT2D eigenvalue weighted by atomic mass is 10.0. The van der Waals surface area contributed by atoms with Crippen molar-refractivity contribution in [1.82, 2.24) is 10.2 Å². The fourth-order valence-electron chi connectivity index (χ4n) is 1.94. The monoisotopic (exact) mass is 274 g/mol. The van der Waals surface area contributed by atoms with Gasteiger partial charge in [0.2, 0.25) is 0 Å². The van der Waals surface area contributed by atoms with Crippen molar-refractivity contribution in [3.8, 4) is 0 Å². The molecule has 110 valence electrons. The molecule has 2 amide bonds. The van der Waals surface area contributed by atoms with E-state index in [1.165, 1.54) is 6.92 Å². The highest BCUT2D eigenvalue weighted by molar-refractivity contribution is 5.74. The Morgan fingerprint density at radius 3 is 2.84 bits per heavy atom. The van der Waals surface area contributed by atoms with Gasteiger partial charge in [0.05, 0.1) is 18.1 Å². The second kappa shape index (κ2) is 6.72. The summed E-state index contributed by atoms with van der Waals surface area (Å²) in [6, 6.07) is -0.303. The van der Waals surface area contributed by atoms with Crippen molar-refractivity contribution in [2.45, 2.75) is 38.4 Å². The van der Waals surface area contributed by atoms with Crippen LogP contribution in [0.25, 0.3) is 0 Å². The first-order valence-electron chi connectivity index (χ1n) is 6.39. The number of hydrogen-bond acceptors (Lipinski definition) is 4. The third kappa shape index (κ3) is 5.89. The molecule has 1 fully saturated rings. The van der Waals surface area contributed by atoms with E-state index in [0.29, 0.717) is 19.7 Å². The van der Waals surface area contributed by atoms with E-state index in [0.717, 1.165) is 6.42 Å². The van der Waals surface area contributed by atoms with Crippen LogP contribution in [0.3, 0.4) is 0 Å². The fourth-order valence-corrected chi connectivity index (χ4v) is 1.94. The Hall–Kier alpha value is -1.34. The predicted octanol–water partition coefficient (Wildman–Crippen LogP) is 0.0325. The van der Waals surface area contributed by atoms with Crippen LogP contribution < -0.4 is 5.32 Å². The number of carboxylic acids is 1. The Labute approximate surface area is 112 Å². The molecular weight excluding hydrogens is 252 g/mol. The smallest absolute Gasteiger partial charge is 0.317 e. The van der Waals surface area contributed by atoms with Crippen molar-refractivity contribution in [3.63, 3.8) is 0 Å². The van der Waals surface area contributed by atoms with Crippen molar-refractivity contribution >= 4 is 12.0 Å². The minimum Gasteiger partial charge on any atom is -0.481 e. The van der Waals surface area contributed by atoms with Gasteiger partial charge in [-0.25, -0.2) is 4.79 Å². The van der Waals surface area contributed by atoms with Gasteiger partial charge in [-0.2, -0.15) is 0 Å². The van der Waals surface area contributed by atoms with Crippen molar-refractivity contribution in [1.29, 1.82) is 0 Å². The van der Waals surface area contributed by atoms with Crippen LogP contribution in [0.1, 0.15) is 26.7 Å². The summed E-state index contributed by atoms with van der Waals surface area (Å²) in [6.07, 6.45) is 0.337. The first-order valence-corrected chi connectivity index (χ1v) is 6.39. The van der Waals surface area contributed by atoms with Gasteiger partial charge in [-0.1, -0.05) is 0 Å². The molecule has 1 heterocycles. The molecule has 7 heteroatoms. The van der Waals surface area contributed by atoms with Gasteiger partial charge < -0.3 is 25.2 Å². The van der Waals surface area contributed by atoms with E-state index in [4.69, 9.17) is 9.84 Å². The van der Waals surface area contributed by atoms with E-state index in [2.05, 4.69) is 5.32 Å². The number of ether oxygens (including phenoxy) is 1. The zero-order chi connectivity index (χ0) is 14.5. The summed E-state index contributed by atoms with van der Waals surface area (Å²) in [4.78, 5) is 24.1. The molecule has 19 heavy (non-hydrogen) atoms. The molecule has 0 saturated carbocycles. The van der Waals surface area contributed by atoms with E-state index in [-0.39, 0.29) is 18.7 Å². The maximum Gasteiger partial charge on any atom is 0.317 e. The molecule has 1 aliphatic heterocycles. The molecule has 0 aromatic rings. The van der Waals surface area contributed by atoms with E-state index in [1.54, 1.807) is 4.90 Å². The highest BCUT2D eigenvalue weighted by Crippen LogP contribution is 2.09. The molecular formula is C12H22N2O5. The Morgan fingerprint density at radius 1 is 1.53 bits per heavy atom. The van der Waals surface area contributed by atoms with E-state index in [9.17, 15) is 14.7 Å². The van der Waals surface area contributed by atoms with Crippen LogP contribution in [0.4, 0.5) is 4.79 Å². The van der Waals surface area contributed by atoms with Crippen molar-refractivity contribution in [2.75, 3.05) is 26.2 Å². The Morgan fingerprint density at radius 2 is 2.21 bits per heavy atom. The zero-order valence-corrected chi connectivity index (χ0v) is 11.4. The number of carbonyl (C=O) groups excluding carboxylic acids is 1. The maximum atomic E-state index is 11.9. The van der Waals surface area contributed by atoms with Crippen LogP contribution in [-0.4, -0.2) is 65.1 Å². The van der Waals surface area contributed by atoms with Crippen LogP contribution in [0, 0.1) is 0 Å². The van der Waals surface area contributed by atoms with Gasteiger partial charge in [-0.05, 0) is 20.3 Å². The standard InChI is InChI=1S/C12H22N2O5/c1-9-7-14(4-3-5-19-9)11(17)13-8-12(2,18)6-10(15)16/h9,18H,3-8H2,1-2H3,(H,13,17)(H,15,16). The van der Waals surface area contributed by atoms with Crippen LogP contribution >= 0.6 is 0 Å². The topological polar surface area (TPSA) is 99.1 Å². The number of carboxylic acid groups (broad SMARTS) is 1. The molecule has 1 aliphatic rings. The lowest BCUT2D eigenvalue weighted by Gasteiger charge is -2.26. The Bertz CT molecular complexity index is 332. The third-order valence-electron chi connectivity index (χ3n) is 2.89. The SMILES string of the molecule is CC1CN(C(=O)NCC(C)(O)CC(=O)O)CCCO1. The Kier molecular flexibility index (Phi) is 5.56. The normalized spacial score (nSPS) is 23.3. The molecule has 7 nitrogen and oxygen atoms in total. The summed E-state index contributed by atoms with van der Waals surface area (Å²) in [5.41, 5.74) is -1.45. The summed E-state index contributed by atoms with van der Waals surface area (Å²) in [6.45, 7) is 4.90. The summed E-state index contributed by atoms with van der Waals surface area (Å²) in [5, 5.41) is 21.0. The number of amides is 2. The van der Waals surface area contributed by atoms with E-state index >= 15 is 0 Å². The largest absolute Gasteiger partial charge is 0.481 e. The summed E-state index contributed by atoms with van der Waals surface area (Å²) in [5.74, 6) is -1.10. The number of carbonyl (C=O) groups is 2. The van der Waals surface area contributed by atoms with Crippen LogP contribution in [0.15, 0.2) is 0 Å². The number of urea groups is 1. The highest BCUT2D eigenvalue weighted by atomic mass is 16.5. The molecule has 0 aromatic heterocycles. The minimum absolute atomic E-state index is 0.0206. The van der Waals surface area contributed by atoms with Crippen molar-refractivity contribution < 1.29 is 24.5 Å². The molecule has 0 radical (unpaired) electrons. The van der Waals surface area contributed by atoms with Gasteiger partial charge in [-0.15, -0.1) is 0 Å². The molecule has 3 N–H and O–H groups in total. The second-order valence-corrected chi connectivity index (χ2v) is 5.21. The van der Waals surface area contributed by atoms with Crippen molar-refractivity contribution in [3.05, 3.63) is 0 Å². The predicted molar refractivity (Wildman–Crippen MR) is 67.9 cm³/mol. The quantitative estimate of drug-likeness (QED) is 0.672. The van der Waals surface area contributed by atoms with Crippen LogP contribution in [0.2, 0.25) is 0 Å². The summed E-state index contributed by atoms with van der Waals surface area (Å²) < 4.78 is 5.43. The highest BCUT2D eigenvalue weighted by Gasteiger charge is 2.26. The second-order valence-electron chi connectivity index (χ2n) is 5.21. The fraction of sp³-hybridized carbons (Fsp3) is 0.833. The lowest BCUT2D eigenvalue weighted by Crippen LogP contribution is -2.48. The van der Waals surface area contributed by atoms with Crippen molar-refractivity contribution in [2.24, 2.45) is 0 Å². The van der Waals surface area contributed by atoms with Gasteiger partial charge >= 0.3 is 12.0 Å². The summed E-state index contributed by atoms with van der Waals surface area (Å²) in [7, 11) is 0. The summed E-state index contributed by atoms with van der Waals surface area (Å²) >= 11 is 0. The molecule has 2 atom stereocenters. The van der Waals surface area contributed by atoms with E-state index in [1.807, 2.05) is 6.92 Å².